The predicted molar refractivity (Wildman–Crippen MR) is 138 cm³/mol. The van der Waals surface area contributed by atoms with Crippen LogP contribution in [0.15, 0.2) is 35.4 Å². The highest BCUT2D eigenvalue weighted by molar-refractivity contribution is 7.98. The number of nitrogens with one attached hydrogen (secondary N) is 1. The topological polar surface area (TPSA) is 114 Å². The minimum absolute atomic E-state index is 0.00431. The van der Waals surface area contributed by atoms with Crippen molar-refractivity contribution in [1.29, 1.82) is 0 Å². The lowest BCUT2D eigenvalue weighted by atomic mass is 9.84. The molecule has 36 heavy (non-hydrogen) atoms. The van der Waals surface area contributed by atoms with E-state index in [1.165, 1.54) is 6.92 Å². The fraction of sp³-hybridized carbons (Fsp3) is 0.583. The minimum atomic E-state index is -0.482. The Balaban J connectivity index is 1.65. The molecule has 1 aromatic heterocycles. The Hall–Kier alpha value is -2.12. The van der Waals surface area contributed by atoms with Crippen LogP contribution in [0.4, 0.5) is 0 Å². The van der Waals surface area contributed by atoms with Crippen molar-refractivity contribution in [3.8, 4) is 11.3 Å². The Bertz CT molecular complexity index is 1010. The molecule has 0 bridgehead atoms. The van der Waals surface area contributed by atoms with Gasteiger partial charge in [0.2, 0.25) is 0 Å². The Morgan fingerprint density at radius 2 is 2.06 bits per heavy atom. The number of carbonyl (C=O) groups excluding carboxylic acids is 2. The Morgan fingerprint density at radius 1 is 1.25 bits per heavy atom. The number of esters is 1. The van der Waals surface area contributed by atoms with Gasteiger partial charge in [0, 0.05) is 42.2 Å². The third-order valence-corrected chi connectivity index (χ3v) is 7.06. The van der Waals surface area contributed by atoms with Gasteiger partial charge in [-0.15, -0.1) is 16.9 Å². The molecule has 1 aliphatic rings. The van der Waals surface area contributed by atoms with Crippen molar-refractivity contribution in [2.45, 2.75) is 70.0 Å². The molecule has 1 saturated heterocycles. The summed E-state index contributed by atoms with van der Waals surface area (Å²) < 4.78 is 19.7. The number of thiol groups is 1. The first-order valence-corrected chi connectivity index (χ1v) is 13.6. The van der Waals surface area contributed by atoms with Crippen LogP contribution >= 0.6 is 24.6 Å². The van der Waals surface area contributed by atoms with Crippen LogP contribution in [0.5, 0.6) is 0 Å². The molecule has 10 nitrogen and oxygen atoms in total. The Kier molecular flexibility index (Phi) is 11.1. The fourth-order valence-electron chi connectivity index (χ4n) is 4.13. The number of nitrogens with zero attached hydrogens (tertiary/aromatic N) is 3. The average Bonchev–Trinajstić information content (AvgIpc) is 3.33. The van der Waals surface area contributed by atoms with Gasteiger partial charge in [0.1, 0.15) is 17.9 Å². The molecule has 198 valence electrons. The van der Waals surface area contributed by atoms with Crippen molar-refractivity contribution in [2.24, 2.45) is 11.8 Å². The molecule has 3 unspecified atom stereocenters. The molecule has 1 aromatic carbocycles. The highest BCUT2D eigenvalue weighted by Crippen LogP contribution is 2.34. The quantitative estimate of drug-likeness (QED) is 0.136. The second kappa shape index (κ2) is 14.0. The van der Waals surface area contributed by atoms with Crippen LogP contribution in [0, 0.1) is 11.8 Å². The van der Waals surface area contributed by atoms with Crippen LogP contribution in [-0.4, -0.2) is 58.3 Å². The highest BCUT2D eigenvalue weighted by Gasteiger charge is 2.44. The summed E-state index contributed by atoms with van der Waals surface area (Å²) in [6.07, 6.45) is 4.05. The molecule has 1 aliphatic heterocycles. The molecule has 12 heteroatoms. The third-order valence-electron chi connectivity index (χ3n) is 6.24. The summed E-state index contributed by atoms with van der Waals surface area (Å²) in [5.74, 6) is -0.750. The minimum Gasteiger partial charge on any atom is -0.459 e. The maximum absolute atomic E-state index is 11.8. The molecule has 1 N–H and O–H groups in total. The normalized spacial score (nSPS) is 23.9. The van der Waals surface area contributed by atoms with Crippen LogP contribution in [0.2, 0.25) is 0 Å². The number of carbonyl (C=O) groups is 2. The molecule has 0 spiro atoms. The predicted octanol–water partition coefficient (Wildman–Crippen LogP) is 3.68. The molecule has 2 aromatic rings. The lowest BCUT2D eigenvalue weighted by Crippen LogP contribution is -2.53. The van der Waals surface area contributed by atoms with Crippen LogP contribution in [-0.2, 0) is 35.2 Å². The van der Waals surface area contributed by atoms with Gasteiger partial charge < -0.3 is 19.0 Å². The monoisotopic (exact) mass is 538 g/mol. The largest absolute Gasteiger partial charge is 0.459 e. The molecule has 0 aliphatic carbocycles. The number of ether oxygens (including phenoxy) is 3. The van der Waals surface area contributed by atoms with Crippen LogP contribution < -0.4 is 4.89 Å². The Labute approximate surface area is 221 Å². The summed E-state index contributed by atoms with van der Waals surface area (Å²) >= 11 is 5.30. The van der Waals surface area contributed by atoms with E-state index in [-0.39, 0.29) is 30.2 Å². The summed E-state index contributed by atoms with van der Waals surface area (Å²) in [5.41, 5.74) is 1.73. The second-order valence-electron chi connectivity index (χ2n) is 8.79. The fourth-order valence-corrected chi connectivity index (χ4v) is 4.69. The van der Waals surface area contributed by atoms with Gasteiger partial charge in [-0.3, -0.25) is 9.59 Å². The number of hydrogen-bond donors (Lipinski definition) is 2. The van der Waals surface area contributed by atoms with E-state index in [9.17, 15) is 9.59 Å². The van der Waals surface area contributed by atoms with E-state index in [2.05, 4.69) is 38.9 Å². The van der Waals surface area contributed by atoms with Crippen molar-refractivity contribution in [1.82, 2.24) is 19.9 Å². The zero-order valence-corrected chi connectivity index (χ0v) is 22.7. The van der Waals surface area contributed by atoms with Gasteiger partial charge in [-0.2, -0.15) is 0 Å². The van der Waals surface area contributed by atoms with Crippen LogP contribution in [0.3, 0.4) is 0 Å². The van der Waals surface area contributed by atoms with Crippen molar-refractivity contribution in [3.05, 3.63) is 30.5 Å². The average molecular weight is 539 g/mol. The maximum Gasteiger partial charge on any atom is 0.325 e. The van der Waals surface area contributed by atoms with Gasteiger partial charge in [-0.05, 0) is 31.2 Å². The zero-order valence-electron chi connectivity index (χ0n) is 21.0. The summed E-state index contributed by atoms with van der Waals surface area (Å²) in [6.45, 7) is 6.23. The number of benzene rings is 1. The smallest absolute Gasteiger partial charge is 0.325 e. The molecule has 0 amide bonds. The first-order chi connectivity index (χ1) is 17.3. The van der Waals surface area contributed by atoms with Gasteiger partial charge in [0.15, 0.2) is 6.29 Å². The van der Waals surface area contributed by atoms with E-state index in [0.717, 1.165) is 16.2 Å². The lowest BCUT2D eigenvalue weighted by Gasteiger charge is -2.43. The van der Waals surface area contributed by atoms with Gasteiger partial charge in [-0.1, -0.05) is 48.9 Å². The van der Waals surface area contributed by atoms with E-state index in [4.69, 9.17) is 14.2 Å². The SMILES string of the molecule is CSc1cccc(-c2cn(CC3OC(OCCCCC(=O)ONS)C(C)[C@@H](C)[C@H]3OC(C)=O)nn2)c1. The van der Waals surface area contributed by atoms with E-state index >= 15 is 0 Å². The summed E-state index contributed by atoms with van der Waals surface area (Å²) in [6, 6.07) is 8.10. The van der Waals surface area contributed by atoms with E-state index in [1.54, 1.807) is 16.4 Å². The molecule has 0 radical (unpaired) electrons. The molecule has 1 fully saturated rings. The molecule has 5 atom stereocenters. The Morgan fingerprint density at radius 3 is 2.78 bits per heavy atom. The number of rotatable bonds is 12. The third kappa shape index (κ3) is 7.94. The summed E-state index contributed by atoms with van der Waals surface area (Å²) in [5, 5.41) is 8.61. The summed E-state index contributed by atoms with van der Waals surface area (Å²) in [4.78, 5) is 31.1. The van der Waals surface area contributed by atoms with Gasteiger partial charge in [-0.25, -0.2) is 4.68 Å². The van der Waals surface area contributed by atoms with E-state index in [1.807, 2.05) is 44.5 Å². The number of hydrogen-bond acceptors (Lipinski definition) is 11. The second-order valence-corrected chi connectivity index (χ2v) is 9.85. The number of unbranched alkanes of at least 4 members (excludes halogenated alkanes) is 1. The lowest BCUT2D eigenvalue weighted by molar-refractivity contribution is -0.269. The first kappa shape index (κ1) is 28.5. The molecular formula is C24H34N4O6S2. The zero-order chi connectivity index (χ0) is 26.1. The highest BCUT2D eigenvalue weighted by atomic mass is 32.2. The standard InChI is InChI=1S/C24H34N4O6S2/c1-15-16(2)24(31-11-6-5-10-22(30)34-27-35)33-21(23(15)32-17(3)29)14-28-13-20(25-26-28)18-8-7-9-19(12-18)36-4/h7-9,12-13,15-16,21,23-24,27,35H,5-6,10-11,14H2,1-4H3/t15-,16?,21?,23-,24?/m1/s1. The summed E-state index contributed by atoms with van der Waals surface area (Å²) in [7, 11) is 0. The molecule has 0 saturated carbocycles. The van der Waals surface area contributed by atoms with Gasteiger partial charge >= 0.3 is 11.9 Å². The number of aromatic nitrogens is 3. The van der Waals surface area contributed by atoms with E-state index in [0.29, 0.717) is 26.0 Å². The van der Waals surface area contributed by atoms with Crippen molar-refractivity contribution >= 4 is 36.5 Å². The molecule has 2 heterocycles. The van der Waals surface area contributed by atoms with Gasteiger partial charge in [0.25, 0.3) is 0 Å². The van der Waals surface area contributed by atoms with Crippen molar-refractivity contribution in [2.75, 3.05) is 12.9 Å². The maximum atomic E-state index is 11.8. The van der Waals surface area contributed by atoms with Crippen molar-refractivity contribution < 1.29 is 28.6 Å². The number of thioether (sulfide) groups is 1. The van der Waals surface area contributed by atoms with Crippen LogP contribution in [0.25, 0.3) is 11.3 Å². The molecule has 3 rings (SSSR count). The van der Waals surface area contributed by atoms with Crippen molar-refractivity contribution in [3.63, 3.8) is 0 Å². The van der Waals surface area contributed by atoms with E-state index < -0.39 is 18.5 Å². The first-order valence-electron chi connectivity index (χ1n) is 11.9. The van der Waals surface area contributed by atoms with Crippen LogP contribution in [0.1, 0.15) is 40.0 Å². The molecular weight excluding hydrogens is 504 g/mol. The van der Waals surface area contributed by atoms with Gasteiger partial charge in [0.05, 0.1) is 12.7 Å².